The molecule has 2 rings (SSSR count). The van der Waals surface area contributed by atoms with Crippen molar-refractivity contribution in [3.63, 3.8) is 0 Å². The van der Waals surface area contributed by atoms with Gasteiger partial charge in [-0.2, -0.15) is 0 Å². The number of ether oxygens (including phenoxy) is 2. The number of aliphatic carboxylic acids is 2. The minimum atomic E-state index is -1.78. The normalized spacial score (nSPS) is 27.7. The lowest BCUT2D eigenvalue weighted by molar-refractivity contribution is -0.158. The highest BCUT2D eigenvalue weighted by molar-refractivity contribution is 5.80. The maximum Gasteiger partial charge on any atom is 0.333 e. The Balaban J connectivity index is 1.74. The van der Waals surface area contributed by atoms with Crippen molar-refractivity contribution in [2.45, 2.75) is 44.1 Å². The van der Waals surface area contributed by atoms with Crippen LogP contribution in [0.2, 0.25) is 0 Å². The summed E-state index contributed by atoms with van der Waals surface area (Å²) >= 11 is 0. The van der Waals surface area contributed by atoms with E-state index < -0.39 is 36.4 Å². The molecule has 0 aliphatic carbocycles. The number of carboxylic acids is 2. The van der Waals surface area contributed by atoms with Gasteiger partial charge >= 0.3 is 17.9 Å². The molecular formula is C15H21NO8. The van der Waals surface area contributed by atoms with Crippen LogP contribution in [0.3, 0.4) is 0 Å². The molecule has 0 aromatic rings. The molecule has 1 saturated heterocycles. The van der Waals surface area contributed by atoms with Crippen molar-refractivity contribution in [2.75, 3.05) is 13.2 Å². The van der Waals surface area contributed by atoms with Crippen molar-refractivity contribution in [1.82, 2.24) is 4.90 Å². The fourth-order valence-corrected chi connectivity index (χ4v) is 2.69. The van der Waals surface area contributed by atoms with Gasteiger partial charge in [0.15, 0.2) is 6.10 Å². The van der Waals surface area contributed by atoms with Crippen molar-refractivity contribution < 1.29 is 39.2 Å². The number of nitrogens with zero attached hydrogens (tertiary/aromatic N) is 1. The monoisotopic (exact) mass is 343 g/mol. The minimum absolute atomic E-state index is 0.0262. The maximum atomic E-state index is 11.4. The highest BCUT2D eigenvalue weighted by Crippen LogP contribution is 2.26. The van der Waals surface area contributed by atoms with E-state index in [1.54, 1.807) is 6.08 Å². The molecule has 1 unspecified atom stereocenters. The topological polar surface area (TPSA) is 134 Å². The summed E-state index contributed by atoms with van der Waals surface area (Å²) in [5.74, 6) is -3.59. The van der Waals surface area contributed by atoms with E-state index in [2.05, 4.69) is 0 Å². The van der Waals surface area contributed by atoms with E-state index >= 15 is 0 Å². The molecule has 24 heavy (non-hydrogen) atoms. The summed E-state index contributed by atoms with van der Waals surface area (Å²) in [5, 5.41) is 26.7. The highest BCUT2D eigenvalue weighted by Gasteiger charge is 2.33. The molecule has 0 spiro atoms. The molecule has 0 bridgehead atoms. The van der Waals surface area contributed by atoms with E-state index in [1.165, 1.54) is 0 Å². The molecule has 2 aliphatic heterocycles. The third kappa shape index (κ3) is 4.93. The van der Waals surface area contributed by atoms with Gasteiger partial charge in [-0.15, -0.1) is 0 Å². The predicted molar refractivity (Wildman–Crippen MR) is 78.7 cm³/mol. The second-order valence-electron chi connectivity index (χ2n) is 5.88. The van der Waals surface area contributed by atoms with Crippen LogP contribution < -0.4 is 0 Å². The van der Waals surface area contributed by atoms with Crippen molar-refractivity contribution in [1.29, 1.82) is 0 Å². The Morgan fingerprint density at radius 3 is 2.71 bits per heavy atom. The van der Waals surface area contributed by atoms with Gasteiger partial charge in [0.25, 0.3) is 0 Å². The summed E-state index contributed by atoms with van der Waals surface area (Å²) in [6.07, 6.45) is 2.44. The Kier molecular flexibility index (Phi) is 6.16. The van der Waals surface area contributed by atoms with Crippen LogP contribution in [0.15, 0.2) is 12.3 Å². The third-order valence-electron chi connectivity index (χ3n) is 4.03. The number of allylic oxidation sites excluding steroid dienone is 1. The first-order valence-corrected chi connectivity index (χ1v) is 7.74. The first-order chi connectivity index (χ1) is 11.4. The molecule has 0 aromatic carbocycles. The molecule has 0 radical (unpaired) electrons. The molecule has 0 amide bonds. The smallest absolute Gasteiger partial charge is 0.333 e. The van der Waals surface area contributed by atoms with E-state index in [1.807, 2.05) is 11.1 Å². The SMILES string of the molecule is O=C(C[C@H](O)C(=O)O)OC[C@@H]1CC[C@H](N2C=CCC(C(=O)O)C2)O1. The van der Waals surface area contributed by atoms with Crippen LogP contribution in [-0.4, -0.2) is 69.7 Å². The van der Waals surface area contributed by atoms with Gasteiger partial charge in [-0.25, -0.2) is 4.79 Å². The molecular weight excluding hydrogens is 322 g/mol. The Hall–Kier alpha value is -2.13. The van der Waals surface area contributed by atoms with E-state index in [0.29, 0.717) is 25.8 Å². The first-order valence-electron chi connectivity index (χ1n) is 7.74. The summed E-state index contributed by atoms with van der Waals surface area (Å²) in [4.78, 5) is 34.8. The van der Waals surface area contributed by atoms with E-state index in [-0.39, 0.29) is 18.9 Å². The fraction of sp³-hybridized carbons (Fsp3) is 0.667. The molecule has 4 atom stereocenters. The number of hydrogen-bond donors (Lipinski definition) is 3. The van der Waals surface area contributed by atoms with Crippen LogP contribution >= 0.6 is 0 Å². The Labute approximate surface area is 138 Å². The quantitative estimate of drug-likeness (QED) is 0.537. The number of esters is 1. The average molecular weight is 343 g/mol. The van der Waals surface area contributed by atoms with E-state index in [0.717, 1.165) is 0 Å². The zero-order valence-electron chi connectivity index (χ0n) is 13.0. The van der Waals surface area contributed by atoms with Gasteiger partial charge in [0.2, 0.25) is 0 Å². The molecule has 9 heteroatoms. The van der Waals surface area contributed by atoms with Crippen molar-refractivity contribution >= 4 is 17.9 Å². The summed E-state index contributed by atoms with van der Waals surface area (Å²) in [6, 6.07) is 0. The summed E-state index contributed by atoms with van der Waals surface area (Å²) < 4.78 is 10.7. The molecule has 2 aliphatic rings. The van der Waals surface area contributed by atoms with Crippen LogP contribution in [0.4, 0.5) is 0 Å². The van der Waals surface area contributed by atoms with Gasteiger partial charge in [-0.05, 0) is 25.5 Å². The average Bonchev–Trinajstić information content (AvgIpc) is 3.02. The summed E-state index contributed by atoms with van der Waals surface area (Å²) in [6.45, 7) is 0.343. The van der Waals surface area contributed by atoms with Crippen molar-refractivity contribution in [3.05, 3.63) is 12.3 Å². The third-order valence-corrected chi connectivity index (χ3v) is 4.03. The molecule has 9 nitrogen and oxygen atoms in total. The van der Waals surface area contributed by atoms with E-state index in [4.69, 9.17) is 24.8 Å². The first kappa shape index (κ1) is 18.2. The Morgan fingerprint density at radius 1 is 1.29 bits per heavy atom. The second-order valence-corrected chi connectivity index (χ2v) is 5.88. The van der Waals surface area contributed by atoms with Gasteiger partial charge in [-0.1, -0.05) is 6.08 Å². The second kappa shape index (κ2) is 8.11. The van der Waals surface area contributed by atoms with Gasteiger partial charge < -0.3 is 29.7 Å². The van der Waals surface area contributed by atoms with Crippen LogP contribution in [-0.2, 0) is 23.9 Å². The molecule has 3 N–H and O–H groups in total. The van der Waals surface area contributed by atoms with Crippen LogP contribution in [0.5, 0.6) is 0 Å². The van der Waals surface area contributed by atoms with E-state index in [9.17, 15) is 14.4 Å². The molecule has 0 aromatic heterocycles. The number of rotatable bonds is 7. The van der Waals surface area contributed by atoms with Gasteiger partial charge in [-0.3, -0.25) is 9.59 Å². The van der Waals surface area contributed by atoms with Crippen LogP contribution in [0.25, 0.3) is 0 Å². The lowest BCUT2D eigenvalue weighted by Crippen LogP contribution is -2.39. The molecule has 0 saturated carbocycles. The molecule has 1 fully saturated rings. The number of hydrogen-bond acceptors (Lipinski definition) is 7. The molecule has 134 valence electrons. The summed E-state index contributed by atoms with van der Waals surface area (Å²) in [5.41, 5.74) is 0. The number of aliphatic hydroxyl groups is 1. The standard InChI is InChI=1S/C15H21NO8/c17-11(15(21)22)6-13(18)23-8-10-3-4-12(24-10)16-5-1-2-9(7-16)14(19)20/h1,5,9-12,17H,2-4,6-8H2,(H,19,20)(H,21,22)/t9?,10-,11-,12+/m0/s1. The molecule has 2 heterocycles. The Bertz CT molecular complexity index is 520. The fourth-order valence-electron chi connectivity index (χ4n) is 2.69. The number of carbonyl (C=O) groups is 3. The zero-order valence-corrected chi connectivity index (χ0v) is 13.0. The number of aliphatic hydroxyl groups excluding tert-OH is 1. The van der Waals surface area contributed by atoms with Crippen molar-refractivity contribution in [2.24, 2.45) is 5.92 Å². The Morgan fingerprint density at radius 2 is 2.04 bits per heavy atom. The number of carboxylic acid groups (broad SMARTS) is 2. The highest BCUT2D eigenvalue weighted by atomic mass is 16.6. The zero-order chi connectivity index (χ0) is 17.7. The maximum absolute atomic E-state index is 11.4. The van der Waals surface area contributed by atoms with Gasteiger partial charge in [0.05, 0.1) is 18.4 Å². The lowest BCUT2D eigenvalue weighted by atomic mass is 10.0. The van der Waals surface area contributed by atoms with Gasteiger partial charge in [0.1, 0.15) is 12.8 Å². The number of carbonyl (C=O) groups excluding carboxylic acids is 1. The van der Waals surface area contributed by atoms with Crippen LogP contribution in [0.1, 0.15) is 25.7 Å². The predicted octanol–water partition coefficient (Wildman–Crippen LogP) is -0.209. The van der Waals surface area contributed by atoms with Gasteiger partial charge in [0, 0.05) is 6.54 Å². The van der Waals surface area contributed by atoms with Crippen molar-refractivity contribution in [3.8, 4) is 0 Å². The summed E-state index contributed by atoms with van der Waals surface area (Å²) in [7, 11) is 0. The van der Waals surface area contributed by atoms with Crippen LogP contribution in [0, 0.1) is 5.92 Å². The largest absolute Gasteiger partial charge is 0.481 e. The minimum Gasteiger partial charge on any atom is -0.481 e. The lowest BCUT2D eigenvalue weighted by Gasteiger charge is -2.32.